The van der Waals surface area contributed by atoms with E-state index in [9.17, 15) is 4.79 Å². The summed E-state index contributed by atoms with van der Waals surface area (Å²) in [7, 11) is 1.57. The zero-order valence-electron chi connectivity index (χ0n) is 12.3. The van der Waals surface area contributed by atoms with Gasteiger partial charge in [0.05, 0.1) is 17.7 Å². The lowest BCUT2D eigenvalue weighted by molar-refractivity contribution is 0.0909. The molecule has 0 radical (unpaired) electrons. The minimum Gasteiger partial charge on any atom is -0.496 e. The third-order valence-electron chi connectivity index (χ3n) is 3.86. The molecule has 1 fully saturated rings. The van der Waals surface area contributed by atoms with E-state index in [0.717, 1.165) is 36.0 Å². The smallest absolute Gasteiger partial charge is 0.255 e. The first-order valence-corrected chi connectivity index (χ1v) is 8.57. The molecule has 0 atom stereocenters. The molecule has 1 aliphatic heterocycles. The Bertz CT molecular complexity index is 517. The van der Waals surface area contributed by atoms with E-state index in [1.165, 1.54) is 0 Å². The van der Waals surface area contributed by atoms with Gasteiger partial charge in [0.15, 0.2) is 0 Å². The Kier molecular flexibility index (Phi) is 6.13. The third kappa shape index (κ3) is 4.23. The Labute approximate surface area is 144 Å². The summed E-state index contributed by atoms with van der Waals surface area (Å²) in [4.78, 5) is 14.8. The summed E-state index contributed by atoms with van der Waals surface area (Å²) in [5, 5.41) is 3.67. The first-order valence-electron chi connectivity index (χ1n) is 7.11. The molecule has 21 heavy (non-hydrogen) atoms. The quantitative estimate of drug-likeness (QED) is 0.758. The highest BCUT2D eigenvalue weighted by atomic mass is 127. The van der Waals surface area contributed by atoms with Crippen LogP contribution in [-0.2, 0) is 0 Å². The molecule has 1 heterocycles. The molecule has 1 N–H and O–H groups in total. The van der Waals surface area contributed by atoms with Crippen molar-refractivity contribution in [1.82, 2.24) is 10.2 Å². The molecule has 1 aromatic rings. The van der Waals surface area contributed by atoms with Gasteiger partial charge >= 0.3 is 0 Å². The number of nitrogens with one attached hydrogen (secondary N) is 1. The summed E-state index contributed by atoms with van der Waals surface area (Å²) in [6, 6.07) is 3.69. The number of benzene rings is 1. The Balaban J connectivity index is 2.05. The molecule has 0 unspecified atom stereocenters. The number of hydrogen-bond acceptors (Lipinski definition) is 3. The van der Waals surface area contributed by atoms with Crippen LogP contribution in [0, 0.1) is 3.57 Å². The number of carbonyl (C=O) groups is 1. The SMILES string of the molecule is CCN1CCC(NC(=O)c2cc(Cl)c(I)cc2OC)CC1. The molecule has 1 aliphatic rings. The van der Waals surface area contributed by atoms with Crippen LogP contribution in [0.1, 0.15) is 30.1 Å². The lowest BCUT2D eigenvalue weighted by Gasteiger charge is -2.31. The van der Waals surface area contributed by atoms with E-state index in [0.29, 0.717) is 16.3 Å². The fourth-order valence-electron chi connectivity index (χ4n) is 2.53. The lowest BCUT2D eigenvalue weighted by atomic mass is 10.0. The van der Waals surface area contributed by atoms with Crippen LogP contribution in [0.25, 0.3) is 0 Å². The van der Waals surface area contributed by atoms with E-state index in [2.05, 4.69) is 39.7 Å². The van der Waals surface area contributed by atoms with E-state index in [1.807, 2.05) is 0 Å². The number of methoxy groups -OCH3 is 1. The van der Waals surface area contributed by atoms with Gasteiger partial charge in [-0.25, -0.2) is 0 Å². The van der Waals surface area contributed by atoms with Crippen molar-refractivity contribution in [3.63, 3.8) is 0 Å². The van der Waals surface area contributed by atoms with E-state index in [-0.39, 0.29) is 11.9 Å². The Morgan fingerprint density at radius 1 is 1.48 bits per heavy atom. The Morgan fingerprint density at radius 2 is 2.14 bits per heavy atom. The van der Waals surface area contributed by atoms with E-state index in [1.54, 1.807) is 19.2 Å². The van der Waals surface area contributed by atoms with Crippen molar-refractivity contribution in [2.75, 3.05) is 26.7 Å². The van der Waals surface area contributed by atoms with Crippen LogP contribution in [0.3, 0.4) is 0 Å². The molecule has 1 amide bonds. The third-order valence-corrected chi connectivity index (χ3v) is 5.38. The topological polar surface area (TPSA) is 41.6 Å². The van der Waals surface area contributed by atoms with Crippen molar-refractivity contribution in [3.8, 4) is 5.75 Å². The van der Waals surface area contributed by atoms with Crippen LogP contribution < -0.4 is 10.1 Å². The molecule has 0 aromatic heterocycles. The minimum atomic E-state index is -0.111. The summed E-state index contributed by atoms with van der Waals surface area (Å²) >= 11 is 8.24. The molecule has 0 bridgehead atoms. The van der Waals surface area contributed by atoms with Crippen molar-refractivity contribution in [2.45, 2.75) is 25.8 Å². The number of nitrogens with zero attached hydrogens (tertiary/aromatic N) is 1. The molecule has 2 rings (SSSR count). The number of carbonyl (C=O) groups excluding carboxylic acids is 1. The number of hydrogen-bond donors (Lipinski definition) is 1. The van der Waals surface area contributed by atoms with Gasteiger partial charge in [-0.3, -0.25) is 4.79 Å². The summed E-state index contributed by atoms with van der Waals surface area (Å²) in [6.07, 6.45) is 1.97. The molecule has 0 spiro atoms. The van der Waals surface area contributed by atoms with Gasteiger partial charge in [-0.2, -0.15) is 0 Å². The van der Waals surface area contributed by atoms with E-state index in [4.69, 9.17) is 16.3 Å². The Hall–Kier alpha value is -0.530. The van der Waals surface area contributed by atoms with Crippen LogP contribution in [0.4, 0.5) is 0 Å². The fraction of sp³-hybridized carbons (Fsp3) is 0.533. The van der Waals surface area contributed by atoms with Crippen LogP contribution >= 0.6 is 34.2 Å². The summed E-state index contributed by atoms with van der Waals surface area (Å²) in [5.41, 5.74) is 0.501. The number of amides is 1. The number of likely N-dealkylation sites (tertiary alicyclic amines) is 1. The van der Waals surface area contributed by atoms with Crippen molar-refractivity contribution >= 4 is 40.1 Å². The van der Waals surface area contributed by atoms with Gasteiger partial charge in [-0.15, -0.1) is 0 Å². The molecular weight excluding hydrogens is 403 g/mol. The second kappa shape index (κ2) is 7.65. The first kappa shape index (κ1) is 16.8. The highest BCUT2D eigenvalue weighted by Crippen LogP contribution is 2.28. The van der Waals surface area contributed by atoms with Crippen molar-refractivity contribution < 1.29 is 9.53 Å². The summed E-state index contributed by atoms with van der Waals surface area (Å²) in [6.45, 7) is 5.30. The number of piperidine rings is 1. The fourth-order valence-corrected chi connectivity index (χ4v) is 3.13. The largest absolute Gasteiger partial charge is 0.496 e. The van der Waals surface area contributed by atoms with Gasteiger partial charge in [0.1, 0.15) is 5.75 Å². The van der Waals surface area contributed by atoms with Crippen LogP contribution in [0.15, 0.2) is 12.1 Å². The van der Waals surface area contributed by atoms with E-state index < -0.39 is 0 Å². The normalized spacial score (nSPS) is 16.8. The molecule has 6 heteroatoms. The maximum atomic E-state index is 12.4. The summed E-state index contributed by atoms with van der Waals surface area (Å²) < 4.78 is 6.17. The van der Waals surface area contributed by atoms with Gasteiger partial charge in [-0.1, -0.05) is 18.5 Å². The highest BCUT2D eigenvalue weighted by Gasteiger charge is 2.22. The lowest BCUT2D eigenvalue weighted by Crippen LogP contribution is -2.44. The summed E-state index contributed by atoms with van der Waals surface area (Å²) in [5.74, 6) is 0.451. The second-order valence-corrected chi connectivity index (χ2v) is 6.72. The molecule has 116 valence electrons. The van der Waals surface area contributed by atoms with Gasteiger partial charge in [-0.05, 0) is 54.1 Å². The van der Waals surface area contributed by atoms with Gasteiger partial charge < -0.3 is 15.0 Å². The predicted octanol–water partition coefficient (Wildman–Crippen LogP) is 3.17. The van der Waals surface area contributed by atoms with Crippen LogP contribution in [0.2, 0.25) is 5.02 Å². The highest BCUT2D eigenvalue weighted by molar-refractivity contribution is 14.1. The maximum absolute atomic E-state index is 12.4. The van der Waals surface area contributed by atoms with Crippen molar-refractivity contribution in [3.05, 3.63) is 26.3 Å². The standard InChI is InChI=1S/C15H20ClIN2O2/c1-3-19-6-4-10(5-7-19)18-15(20)11-8-12(16)13(17)9-14(11)21-2/h8-10H,3-7H2,1-2H3,(H,18,20). The first-order chi connectivity index (χ1) is 10.0. The van der Waals surface area contributed by atoms with Gasteiger partial charge in [0, 0.05) is 22.7 Å². The molecule has 0 saturated carbocycles. The van der Waals surface area contributed by atoms with Crippen LogP contribution in [0.5, 0.6) is 5.75 Å². The molecule has 0 aliphatic carbocycles. The van der Waals surface area contributed by atoms with Crippen molar-refractivity contribution in [2.24, 2.45) is 0 Å². The number of ether oxygens (including phenoxy) is 1. The Morgan fingerprint density at radius 3 is 2.71 bits per heavy atom. The van der Waals surface area contributed by atoms with Gasteiger partial charge in [0.2, 0.25) is 0 Å². The monoisotopic (exact) mass is 422 g/mol. The molecule has 1 saturated heterocycles. The maximum Gasteiger partial charge on any atom is 0.255 e. The zero-order valence-corrected chi connectivity index (χ0v) is 15.2. The number of rotatable bonds is 4. The molecular formula is C15H20ClIN2O2. The average molecular weight is 423 g/mol. The zero-order chi connectivity index (χ0) is 15.4. The van der Waals surface area contributed by atoms with Crippen LogP contribution in [-0.4, -0.2) is 43.6 Å². The van der Waals surface area contributed by atoms with Gasteiger partial charge in [0.25, 0.3) is 5.91 Å². The average Bonchev–Trinajstić information content (AvgIpc) is 2.50. The predicted molar refractivity (Wildman–Crippen MR) is 93.3 cm³/mol. The molecule has 1 aromatic carbocycles. The van der Waals surface area contributed by atoms with E-state index >= 15 is 0 Å². The minimum absolute atomic E-state index is 0.111. The van der Waals surface area contributed by atoms with Crippen molar-refractivity contribution in [1.29, 1.82) is 0 Å². The second-order valence-electron chi connectivity index (χ2n) is 5.15. The number of halogens is 2. The molecule has 4 nitrogen and oxygen atoms in total.